The molecule has 9 heteroatoms. The maximum atomic E-state index is 12.5. The number of anilines is 2. The van der Waals surface area contributed by atoms with Crippen molar-refractivity contribution in [3.8, 4) is 6.07 Å². The van der Waals surface area contributed by atoms with E-state index in [1.54, 1.807) is 29.0 Å². The number of aryl methyl sites for hydroxylation is 1. The van der Waals surface area contributed by atoms with E-state index in [0.29, 0.717) is 12.0 Å². The molecule has 5 rings (SSSR count). The highest BCUT2D eigenvalue weighted by Crippen LogP contribution is 2.38. The van der Waals surface area contributed by atoms with Crippen LogP contribution in [0.3, 0.4) is 0 Å². The van der Waals surface area contributed by atoms with Gasteiger partial charge in [0.1, 0.15) is 28.0 Å². The number of carbonyl (C=O) groups excluding carboxylic acids is 1. The molecule has 0 bridgehead atoms. The highest BCUT2D eigenvalue weighted by molar-refractivity contribution is 7.17. The molecule has 3 aromatic rings. The lowest BCUT2D eigenvalue weighted by atomic mass is 10.1. The summed E-state index contributed by atoms with van der Waals surface area (Å²) in [5.74, 6) is 0.998. The Bertz CT molecular complexity index is 1120. The van der Waals surface area contributed by atoms with Gasteiger partial charge in [-0.05, 0) is 36.3 Å². The summed E-state index contributed by atoms with van der Waals surface area (Å²) in [7, 11) is 0. The topological polar surface area (TPSA) is 85.2 Å². The Kier molecular flexibility index (Phi) is 5.37. The van der Waals surface area contributed by atoms with Gasteiger partial charge in [-0.2, -0.15) is 5.26 Å². The molecule has 0 atom stereocenters. The van der Waals surface area contributed by atoms with E-state index in [2.05, 4.69) is 42.6 Å². The van der Waals surface area contributed by atoms with Gasteiger partial charge in [0, 0.05) is 44.0 Å². The Morgan fingerprint density at radius 2 is 2.10 bits per heavy atom. The van der Waals surface area contributed by atoms with Gasteiger partial charge in [0.25, 0.3) is 0 Å². The smallest absolute Gasteiger partial charge is 0.226 e. The molecule has 1 amide bonds. The molecule has 0 aromatic carbocycles. The number of nitrogens with zero attached hydrogens (tertiary/aromatic N) is 5. The molecule has 1 aliphatic carbocycles. The number of nitriles is 1. The van der Waals surface area contributed by atoms with Crippen molar-refractivity contribution in [2.24, 2.45) is 0 Å². The maximum Gasteiger partial charge on any atom is 0.226 e. The van der Waals surface area contributed by atoms with E-state index < -0.39 is 0 Å². The minimum absolute atomic E-state index is 0.00960. The van der Waals surface area contributed by atoms with Crippen LogP contribution in [0, 0.1) is 11.3 Å². The van der Waals surface area contributed by atoms with E-state index >= 15 is 0 Å². The number of thiophene rings is 2. The fourth-order valence-corrected chi connectivity index (χ4v) is 6.25. The molecule has 2 aliphatic rings. The molecule has 154 valence electrons. The third-order valence-corrected chi connectivity index (χ3v) is 7.88. The number of nitrogens with one attached hydrogen (secondary N) is 1. The number of piperazine rings is 1. The first-order chi connectivity index (χ1) is 14.7. The standard InChI is InChI=1S/C21H22N6OS2/c22-12-16-14-2-1-3-17(14)30-21(16)25-18(28)4-6-26-7-9-27(10-8-26)19-15-5-11-29-20(15)24-13-23-19/h5,11,13H,1-4,6-10H2,(H,25,28). The van der Waals surface area contributed by atoms with Crippen molar-refractivity contribution in [2.45, 2.75) is 25.7 Å². The van der Waals surface area contributed by atoms with Crippen LogP contribution >= 0.6 is 22.7 Å². The molecular weight excluding hydrogens is 416 g/mol. The molecule has 7 nitrogen and oxygen atoms in total. The number of aromatic nitrogens is 2. The molecule has 0 spiro atoms. The van der Waals surface area contributed by atoms with Crippen molar-refractivity contribution >= 4 is 49.6 Å². The Balaban J connectivity index is 1.14. The van der Waals surface area contributed by atoms with Gasteiger partial charge in [-0.15, -0.1) is 22.7 Å². The van der Waals surface area contributed by atoms with Crippen molar-refractivity contribution in [1.82, 2.24) is 14.9 Å². The summed E-state index contributed by atoms with van der Waals surface area (Å²) in [5.41, 5.74) is 1.83. The number of hydrogen-bond donors (Lipinski definition) is 1. The average Bonchev–Trinajstić information content (AvgIpc) is 3.48. The van der Waals surface area contributed by atoms with Crippen LogP contribution in [0.15, 0.2) is 17.8 Å². The van der Waals surface area contributed by atoms with Gasteiger partial charge < -0.3 is 10.2 Å². The van der Waals surface area contributed by atoms with Crippen molar-refractivity contribution in [1.29, 1.82) is 5.26 Å². The highest BCUT2D eigenvalue weighted by Gasteiger charge is 2.24. The molecule has 4 heterocycles. The number of amides is 1. The van der Waals surface area contributed by atoms with Crippen molar-refractivity contribution in [3.05, 3.63) is 33.8 Å². The van der Waals surface area contributed by atoms with Crippen LogP contribution < -0.4 is 10.2 Å². The normalized spacial score (nSPS) is 16.6. The van der Waals surface area contributed by atoms with E-state index in [1.165, 1.54) is 4.88 Å². The van der Waals surface area contributed by atoms with Crippen LogP contribution in [0.5, 0.6) is 0 Å². The lowest BCUT2D eigenvalue weighted by Crippen LogP contribution is -2.47. The highest BCUT2D eigenvalue weighted by atomic mass is 32.1. The van der Waals surface area contributed by atoms with E-state index in [9.17, 15) is 10.1 Å². The molecule has 1 N–H and O–H groups in total. The first kappa shape index (κ1) is 19.4. The van der Waals surface area contributed by atoms with Crippen LogP contribution in [0.25, 0.3) is 10.2 Å². The molecule has 1 aliphatic heterocycles. The Labute approximate surface area is 183 Å². The predicted octanol–water partition coefficient (Wildman–Crippen LogP) is 3.26. The average molecular weight is 439 g/mol. The van der Waals surface area contributed by atoms with Crippen LogP contribution in [-0.2, 0) is 17.6 Å². The van der Waals surface area contributed by atoms with Gasteiger partial charge in [-0.25, -0.2) is 9.97 Å². The third kappa shape index (κ3) is 3.67. The van der Waals surface area contributed by atoms with Gasteiger partial charge in [0.15, 0.2) is 0 Å². The largest absolute Gasteiger partial charge is 0.353 e. The lowest BCUT2D eigenvalue weighted by Gasteiger charge is -2.35. The minimum Gasteiger partial charge on any atom is -0.353 e. The summed E-state index contributed by atoms with van der Waals surface area (Å²) in [6.45, 7) is 4.31. The number of hydrogen-bond acceptors (Lipinski definition) is 8. The van der Waals surface area contributed by atoms with Gasteiger partial charge >= 0.3 is 0 Å². The second-order valence-corrected chi connectivity index (χ2v) is 9.64. The maximum absolute atomic E-state index is 12.5. The Morgan fingerprint density at radius 1 is 1.23 bits per heavy atom. The molecule has 30 heavy (non-hydrogen) atoms. The zero-order chi connectivity index (χ0) is 20.5. The summed E-state index contributed by atoms with van der Waals surface area (Å²) < 4.78 is 0. The third-order valence-electron chi connectivity index (χ3n) is 5.85. The second-order valence-electron chi connectivity index (χ2n) is 7.64. The van der Waals surface area contributed by atoms with E-state index in [1.807, 2.05) is 0 Å². The molecule has 0 saturated carbocycles. The molecule has 1 fully saturated rings. The van der Waals surface area contributed by atoms with Crippen molar-refractivity contribution in [3.63, 3.8) is 0 Å². The van der Waals surface area contributed by atoms with Crippen LogP contribution in [-0.4, -0.2) is 53.5 Å². The fraction of sp³-hybridized carbons (Fsp3) is 0.429. The molecule has 3 aromatic heterocycles. The van der Waals surface area contributed by atoms with Crippen LogP contribution in [0.1, 0.15) is 28.8 Å². The summed E-state index contributed by atoms with van der Waals surface area (Å²) in [5, 5.41) is 16.4. The number of carbonyl (C=O) groups is 1. The van der Waals surface area contributed by atoms with Crippen molar-refractivity contribution < 1.29 is 4.79 Å². The first-order valence-electron chi connectivity index (χ1n) is 10.2. The monoisotopic (exact) mass is 438 g/mol. The van der Waals surface area contributed by atoms with Gasteiger partial charge in [0.2, 0.25) is 5.91 Å². The summed E-state index contributed by atoms with van der Waals surface area (Å²) in [6.07, 6.45) is 5.18. The van der Waals surface area contributed by atoms with E-state index in [0.717, 1.165) is 78.6 Å². The van der Waals surface area contributed by atoms with Crippen LogP contribution in [0.2, 0.25) is 0 Å². The summed E-state index contributed by atoms with van der Waals surface area (Å²) >= 11 is 3.21. The Morgan fingerprint density at radius 3 is 2.93 bits per heavy atom. The van der Waals surface area contributed by atoms with E-state index in [-0.39, 0.29) is 5.91 Å². The van der Waals surface area contributed by atoms with Crippen LogP contribution in [0.4, 0.5) is 10.8 Å². The number of fused-ring (bicyclic) bond motifs is 2. The van der Waals surface area contributed by atoms with Gasteiger partial charge in [0.05, 0.1) is 10.9 Å². The molecule has 0 radical (unpaired) electrons. The quantitative estimate of drug-likeness (QED) is 0.658. The molecule has 1 saturated heterocycles. The fourth-order valence-electron chi connectivity index (χ4n) is 4.27. The minimum atomic E-state index is -0.00960. The lowest BCUT2D eigenvalue weighted by molar-refractivity contribution is -0.116. The Hall–Kier alpha value is -2.54. The first-order valence-corrected chi connectivity index (χ1v) is 11.9. The second kappa shape index (κ2) is 8.30. The van der Waals surface area contributed by atoms with E-state index in [4.69, 9.17) is 0 Å². The SMILES string of the molecule is N#Cc1c(NC(=O)CCN2CCN(c3ncnc4sccc34)CC2)sc2c1CCC2. The molecular formula is C21H22N6OS2. The summed E-state index contributed by atoms with van der Waals surface area (Å²) in [4.78, 5) is 28.2. The summed E-state index contributed by atoms with van der Waals surface area (Å²) in [6, 6.07) is 4.37. The zero-order valence-electron chi connectivity index (χ0n) is 16.6. The van der Waals surface area contributed by atoms with Crippen molar-refractivity contribution in [2.75, 3.05) is 42.9 Å². The molecule has 0 unspecified atom stereocenters. The zero-order valence-corrected chi connectivity index (χ0v) is 18.2. The van der Waals surface area contributed by atoms with Gasteiger partial charge in [-0.3, -0.25) is 9.69 Å². The number of rotatable bonds is 5. The van der Waals surface area contributed by atoms with Gasteiger partial charge in [-0.1, -0.05) is 0 Å². The predicted molar refractivity (Wildman–Crippen MR) is 120 cm³/mol.